The maximum absolute atomic E-state index is 5.21. The second-order valence-electron chi connectivity index (χ2n) is 5.29. The van der Waals surface area contributed by atoms with Crippen molar-refractivity contribution in [1.82, 2.24) is 5.32 Å². The van der Waals surface area contributed by atoms with E-state index in [1.165, 1.54) is 35.1 Å². The molecule has 0 aliphatic heterocycles. The Morgan fingerprint density at radius 3 is 2.55 bits per heavy atom. The van der Waals surface area contributed by atoms with Crippen molar-refractivity contribution < 1.29 is 4.74 Å². The Bertz CT molecular complexity index is 589. The Morgan fingerprint density at radius 1 is 1.10 bits per heavy atom. The molecule has 1 atom stereocenters. The van der Waals surface area contributed by atoms with E-state index in [1.807, 2.05) is 12.1 Å². The van der Waals surface area contributed by atoms with Gasteiger partial charge in [0, 0.05) is 6.04 Å². The van der Waals surface area contributed by atoms with Gasteiger partial charge in [0.05, 0.1) is 7.11 Å². The smallest absolute Gasteiger partial charge is 0.118 e. The molecule has 2 heteroatoms. The van der Waals surface area contributed by atoms with Gasteiger partial charge in [0.25, 0.3) is 0 Å². The fourth-order valence-corrected chi connectivity index (χ4v) is 3.04. The van der Waals surface area contributed by atoms with Gasteiger partial charge in [-0.2, -0.15) is 0 Å². The Hall–Kier alpha value is -1.80. The van der Waals surface area contributed by atoms with Crippen molar-refractivity contribution in [2.24, 2.45) is 0 Å². The summed E-state index contributed by atoms with van der Waals surface area (Å²) in [7, 11) is 1.70. The molecule has 0 fully saturated rings. The van der Waals surface area contributed by atoms with Crippen LogP contribution in [-0.2, 0) is 6.42 Å². The summed E-state index contributed by atoms with van der Waals surface area (Å²) < 4.78 is 5.21. The van der Waals surface area contributed by atoms with Gasteiger partial charge in [-0.15, -0.1) is 0 Å². The molecule has 1 unspecified atom stereocenters. The topological polar surface area (TPSA) is 21.3 Å². The van der Waals surface area contributed by atoms with Crippen LogP contribution in [0.2, 0.25) is 0 Å². The molecular weight excluding hydrogens is 246 g/mol. The molecule has 1 N–H and O–H groups in total. The Labute approximate surface area is 120 Å². The van der Waals surface area contributed by atoms with Crippen molar-refractivity contribution in [1.29, 1.82) is 0 Å². The molecule has 3 rings (SSSR count). The van der Waals surface area contributed by atoms with Gasteiger partial charge in [-0.05, 0) is 53.8 Å². The quantitative estimate of drug-likeness (QED) is 0.905. The summed E-state index contributed by atoms with van der Waals surface area (Å²) in [6.45, 7) is 3.20. The van der Waals surface area contributed by atoms with Gasteiger partial charge in [-0.1, -0.05) is 37.3 Å². The highest BCUT2D eigenvalue weighted by molar-refractivity contribution is 5.66. The molecule has 2 aromatic carbocycles. The Morgan fingerprint density at radius 2 is 1.85 bits per heavy atom. The predicted molar refractivity (Wildman–Crippen MR) is 83.2 cm³/mol. The van der Waals surface area contributed by atoms with E-state index in [-0.39, 0.29) is 0 Å². The monoisotopic (exact) mass is 267 g/mol. The van der Waals surface area contributed by atoms with Crippen LogP contribution in [0.4, 0.5) is 0 Å². The molecule has 0 aromatic heterocycles. The van der Waals surface area contributed by atoms with Crippen LogP contribution in [0.1, 0.15) is 30.5 Å². The minimum absolute atomic E-state index is 0.542. The van der Waals surface area contributed by atoms with Crippen LogP contribution in [0.25, 0.3) is 11.1 Å². The zero-order chi connectivity index (χ0) is 13.9. The van der Waals surface area contributed by atoms with Crippen molar-refractivity contribution in [3.05, 3.63) is 53.6 Å². The van der Waals surface area contributed by atoms with E-state index < -0.39 is 0 Å². The number of methoxy groups -OCH3 is 1. The number of hydrogen-bond donors (Lipinski definition) is 1. The van der Waals surface area contributed by atoms with Gasteiger partial charge in [0.15, 0.2) is 0 Å². The number of nitrogens with one attached hydrogen (secondary N) is 1. The van der Waals surface area contributed by atoms with Crippen LogP contribution in [0.5, 0.6) is 5.75 Å². The molecule has 0 bridgehead atoms. The molecular formula is C18H21NO. The SMILES string of the molecule is CCNC1CCc2cc(-c3ccc(OC)cc3)ccc21. The van der Waals surface area contributed by atoms with Crippen LogP contribution in [0.15, 0.2) is 42.5 Å². The van der Waals surface area contributed by atoms with Gasteiger partial charge in [0.2, 0.25) is 0 Å². The van der Waals surface area contributed by atoms with E-state index in [0.29, 0.717) is 6.04 Å². The van der Waals surface area contributed by atoms with E-state index >= 15 is 0 Å². The molecule has 0 amide bonds. The number of aryl methyl sites for hydroxylation is 1. The lowest BCUT2D eigenvalue weighted by molar-refractivity contribution is 0.415. The first-order chi connectivity index (χ1) is 9.81. The zero-order valence-electron chi connectivity index (χ0n) is 12.1. The summed E-state index contributed by atoms with van der Waals surface area (Å²) in [4.78, 5) is 0. The third-order valence-corrected chi connectivity index (χ3v) is 4.09. The van der Waals surface area contributed by atoms with Crippen molar-refractivity contribution in [3.8, 4) is 16.9 Å². The average molecular weight is 267 g/mol. The first kappa shape index (κ1) is 13.2. The Kier molecular flexibility index (Phi) is 3.75. The molecule has 1 aliphatic rings. The summed E-state index contributed by atoms with van der Waals surface area (Å²) in [6, 6.07) is 15.7. The lowest BCUT2D eigenvalue weighted by Crippen LogP contribution is -2.18. The van der Waals surface area contributed by atoms with Crippen LogP contribution in [-0.4, -0.2) is 13.7 Å². The highest BCUT2D eigenvalue weighted by Crippen LogP contribution is 2.34. The molecule has 0 spiro atoms. The number of ether oxygens (including phenoxy) is 1. The van der Waals surface area contributed by atoms with Gasteiger partial charge >= 0.3 is 0 Å². The summed E-state index contributed by atoms with van der Waals surface area (Å²) >= 11 is 0. The maximum atomic E-state index is 5.21. The largest absolute Gasteiger partial charge is 0.497 e. The summed E-state index contributed by atoms with van der Waals surface area (Å²) in [5, 5.41) is 3.56. The highest BCUT2D eigenvalue weighted by Gasteiger charge is 2.21. The van der Waals surface area contributed by atoms with Crippen LogP contribution in [0.3, 0.4) is 0 Å². The molecule has 1 aliphatic carbocycles. The average Bonchev–Trinajstić information content (AvgIpc) is 2.90. The molecule has 0 heterocycles. The van der Waals surface area contributed by atoms with E-state index in [0.717, 1.165) is 12.3 Å². The van der Waals surface area contributed by atoms with Crippen LogP contribution < -0.4 is 10.1 Å². The predicted octanol–water partition coefficient (Wildman–Crippen LogP) is 3.96. The second kappa shape index (κ2) is 5.68. The standard InChI is InChI=1S/C18H21NO/c1-3-19-18-11-7-15-12-14(6-10-17(15)18)13-4-8-16(20-2)9-5-13/h4-6,8-10,12,18-19H,3,7,11H2,1-2H3. The molecule has 20 heavy (non-hydrogen) atoms. The lowest BCUT2D eigenvalue weighted by atomic mass is 9.99. The van der Waals surface area contributed by atoms with Gasteiger partial charge < -0.3 is 10.1 Å². The minimum atomic E-state index is 0.542. The van der Waals surface area contributed by atoms with Crippen molar-refractivity contribution in [2.75, 3.05) is 13.7 Å². The summed E-state index contributed by atoms with van der Waals surface area (Å²) in [6.07, 6.45) is 2.40. The molecule has 2 nitrogen and oxygen atoms in total. The Balaban J connectivity index is 1.89. The fourth-order valence-electron chi connectivity index (χ4n) is 3.04. The normalized spacial score (nSPS) is 17.0. The summed E-state index contributed by atoms with van der Waals surface area (Å²) in [5.41, 5.74) is 5.51. The first-order valence-corrected chi connectivity index (χ1v) is 7.32. The fraction of sp³-hybridized carbons (Fsp3) is 0.333. The minimum Gasteiger partial charge on any atom is -0.497 e. The first-order valence-electron chi connectivity index (χ1n) is 7.32. The van der Waals surface area contributed by atoms with Gasteiger partial charge in [0.1, 0.15) is 5.75 Å². The number of benzene rings is 2. The van der Waals surface area contributed by atoms with Crippen LogP contribution in [0, 0.1) is 0 Å². The third kappa shape index (κ3) is 2.44. The van der Waals surface area contributed by atoms with E-state index in [4.69, 9.17) is 4.74 Å². The number of hydrogen-bond acceptors (Lipinski definition) is 2. The molecule has 0 saturated carbocycles. The highest BCUT2D eigenvalue weighted by atomic mass is 16.5. The second-order valence-corrected chi connectivity index (χ2v) is 5.29. The van der Waals surface area contributed by atoms with E-state index in [9.17, 15) is 0 Å². The van der Waals surface area contributed by atoms with Crippen LogP contribution >= 0.6 is 0 Å². The molecule has 0 saturated heterocycles. The number of rotatable bonds is 4. The molecule has 104 valence electrons. The lowest BCUT2D eigenvalue weighted by Gasteiger charge is -2.13. The van der Waals surface area contributed by atoms with E-state index in [1.54, 1.807) is 7.11 Å². The molecule has 2 aromatic rings. The van der Waals surface area contributed by atoms with Gasteiger partial charge in [-0.25, -0.2) is 0 Å². The zero-order valence-corrected chi connectivity index (χ0v) is 12.1. The molecule has 0 radical (unpaired) electrons. The maximum Gasteiger partial charge on any atom is 0.118 e. The van der Waals surface area contributed by atoms with E-state index in [2.05, 4.69) is 42.6 Å². The third-order valence-electron chi connectivity index (χ3n) is 4.09. The number of fused-ring (bicyclic) bond motifs is 1. The van der Waals surface area contributed by atoms with Crippen molar-refractivity contribution in [3.63, 3.8) is 0 Å². The van der Waals surface area contributed by atoms with Crippen molar-refractivity contribution >= 4 is 0 Å². The summed E-state index contributed by atoms with van der Waals surface area (Å²) in [5.74, 6) is 0.905. The van der Waals surface area contributed by atoms with Gasteiger partial charge in [-0.3, -0.25) is 0 Å². The van der Waals surface area contributed by atoms with Crippen molar-refractivity contribution in [2.45, 2.75) is 25.8 Å².